The smallest absolute Gasteiger partial charge is 0.338 e. The van der Waals surface area contributed by atoms with Crippen molar-refractivity contribution in [1.29, 1.82) is 0 Å². The lowest BCUT2D eigenvalue weighted by atomic mass is 9.94. The average Bonchev–Trinajstić information content (AvgIpc) is 3.36. The van der Waals surface area contributed by atoms with E-state index in [1.54, 1.807) is 116 Å². The maximum atomic E-state index is 14.2. The van der Waals surface area contributed by atoms with Gasteiger partial charge in [-0.1, -0.05) is 84.9 Å². The number of esters is 5. The Balaban J connectivity index is 1.39. The number of hydrogen-bond acceptors (Lipinski definition) is 14. The SMILES string of the molecule is COc1ccc(Cc2c(OC)cc(COC(C)=O)cc2O[C@@H]2O[C@H]([C@@H](C)OC(=O)c3ccccc3)[C@@H](OC(=O)c3ccccc3)[C@H](OC(=O)c3ccccc3)[C@H]2OC(=O)c2ccccc2)cc1. The summed E-state index contributed by atoms with van der Waals surface area (Å²) in [5.41, 5.74) is 2.37. The van der Waals surface area contributed by atoms with Crippen LogP contribution in [0.25, 0.3) is 0 Å². The van der Waals surface area contributed by atoms with E-state index in [1.807, 2.05) is 12.1 Å². The van der Waals surface area contributed by atoms with Crippen molar-refractivity contribution in [2.75, 3.05) is 14.2 Å². The first-order chi connectivity index (χ1) is 32.5. The Bertz CT molecular complexity index is 2620. The van der Waals surface area contributed by atoms with Crippen LogP contribution < -0.4 is 14.2 Å². The summed E-state index contributed by atoms with van der Waals surface area (Å²) in [6, 6.07) is 43.0. The van der Waals surface area contributed by atoms with Crippen molar-refractivity contribution in [3.05, 3.63) is 197 Å². The van der Waals surface area contributed by atoms with Gasteiger partial charge in [0.15, 0.2) is 12.2 Å². The number of carbonyl (C=O) groups excluding carboxylic acids is 5. The zero-order chi connectivity index (χ0) is 47.3. The molecule has 0 N–H and O–H groups in total. The summed E-state index contributed by atoms with van der Waals surface area (Å²) in [7, 11) is 3.03. The van der Waals surface area contributed by atoms with Crippen LogP contribution in [0.5, 0.6) is 17.2 Å². The zero-order valence-electron chi connectivity index (χ0n) is 37.1. The molecule has 7 rings (SSSR count). The molecule has 14 heteroatoms. The van der Waals surface area contributed by atoms with Crippen molar-refractivity contribution < 1.29 is 66.6 Å². The molecule has 0 amide bonds. The van der Waals surface area contributed by atoms with Crippen molar-refractivity contribution in [1.82, 2.24) is 0 Å². The Morgan fingerprint density at radius 1 is 0.537 bits per heavy atom. The number of hydrogen-bond donors (Lipinski definition) is 0. The largest absolute Gasteiger partial charge is 0.497 e. The van der Waals surface area contributed by atoms with E-state index in [-0.39, 0.29) is 41.0 Å². The molecule has 67 heavy (non-hydrogen) atoms. The third-order valence-corrected chi connectivity index (χ3v) is 10.7. The second-order valence-electron chi connectivity index (χ2n) is 15.4. The summed E-state index contributed by atoms with van der Waals surface area (Å²) in [5.74, 6) is -2.75. The van der Waals surface area contributed by atoms with Crippen LogP contribution in [0.1, 0.15) is 72.0 Å². The third-order valence-electron chi connectivity index (χ3n) is 10.7. The number of carbonyl (C=O) groups is 5. The lowest BCUT2D eigenvalue weighted by molar-refractivity contribution is -0.284. The quantitative estimate of drug-likeness (QED) is 0.0632. The molecule has 6 atom stereocenters. The minimum absolute atomic E-state index is 0.123. The standard InChI is InChI=1S/C53H48O14/c1-33(62-49(55)37-17-9-5-10-18-37)45-46(64-50(56)38-19-11-6-12-20-38)47(65-51(57)39-21-13-7-14-22-39)48(66-52(58)40-23-15-8-16-24-40)53(67-45)63-44-31-36(32-61-34(2)54)30-43(60-4)42(44)29-35-25-27-41(59-3)28-26-35/h5-28,30-31,33,45-48,53H,29,32H2,1-4H3/t33-,45-,46-,47+,48-,53-/m1/s1. The second kappa shape index (κ2) is 22.3. The minimum atomic E-state index is -1.70. The molecule has 14 nitrogen and oxygen atoms in total. The predicted molar refractivity (Wildman–Crippen MR) is 242 cm³/mol. The maximum absolute atomic E-state index is 14.2. The summed E-state index contributed by atoms with van der Waals surface area (Å²) in [4.78, 5) is 68.2. The fourth-order valence-corrected chi connectivity index (χ4v) is 7.35. The molecule has 1 saturated heterocycles. The second-order valence-corrected chi connectivity index (χ2v) is 15.4. The van der Waals surface area contributed by atoms with Crippen LogP contribution >= 0.6 is 0 Å². The molecular weight excluding hydrogens is 861 g/mol. The molecular formula is C53H48O14. The summed E-state index contributed by atoms with van der Waals surface area (Å²) < 4.78 is 55.1. The molecule has 1 aliphatic heterocycles. The van der Waals surface area contributed by atoms with Crippen LogP contribution in [0, 0.1) is 0 Å². The molecule has 1 fully saturated rings. The normalized spacial score (nSPS) is 18.0. The summed E-state index contributed by atoms with van der Waals surface area (Å²) in [6.07, 6.45) is -9.18. The summed E-state index contributed by atoms with van der Waals surface area (Å²) in [6.45, 7) is 2.63. The molecule has 0 saturated carbocycles. The van der Waals surface area contributed by atoms with Gasteiger partial charge in [-0.05, 0) is 90.8 Å². The van der Waals surface area contributed by atoms with E-state index in [4.69, 9.17) is 42.6 Å². The van der Waals surface area contributed by atoms with Gasteiger partial charge in [-0.25, -0.2) is 19.2 Å². The number of rotatable bonds is 17. The first-order valence-corrected chi connectivity index (χ1v) is 21.3. The van der Waals surface area contributed by atoms with Crippen LogP contribution in [-0.4, -0.2) is 80.9 Å². The Hall–Kier alpha value is -7.97. The van der Waals surface area contributed by atoms with Crippen molar-refractivity contribution in [3.8, 4) is 17.2 Å². The van der Waals surface area contributed by atoms with Gasteiger partial charge < -0.3 is 42.6 Å². The molecule has 0 unspecified atom stereocenters. The van der Waals surface area contributed by atoms with Crippen molar-refractivity contribution in [3.63, 3.8) is 0 Å². The van der Waals surface area contributed by atoms with Crippen LogP contribution in [0.2, 0.25) is 0 Å². The number of benzene rings is 6. The monoisotopic (exact) mass is 908 g/mol. The van der Waals surface area contributed by atoms with Crippen molar-refractivity contribution in [2.24, 2.45) is 0 Å². The van der Waals surface area contributed by atoms with Gasteiger partial charge in [0.2, 0.25) is 12.4 Å². The molecule has 344 valence electrons. The molecule has 6 aromatic rings. The number of ether oxygens (including phenoxy) is 9. The van der Waals surface area contributed by atoms with E-state index >= 15 is 0 Å². The highest BCUT2D eigenvalue weighted by molar-refractivity contribution is 5.91. The van der Waals surface area contributed by atoms with Crippen LogP contribution in [0.15, 0.2) is 158 Å². The third kappa shape index (κ3) is 12.0. The Kier molecular flexibility index (Phi) is 15.6. The van der Waals surface area contributed by atoms with Crippen molar-refractivity contribution in [2.45, 2.75) is 63.7 Å². The zero-order valence-corrected chi connectivity index (χ0v) is 37.1. The number of methoxy groups -OCH3 is 2. The molecule has 0 aliphatic carbocycles. The van der Waals surface area contributed by atoms with Gasteiger partial charge >= 0.3 is 29.8 Å². The fraction of sp³-hybridized carbons (Fsp3) is 0.226. The van der Waals surface area contributed by atoms with Gasteiger partial charge in [-0.2, -0.15) is 0 Å². The molecule has 1 aliphatic rings. The maximum Gasteiger partial charge on any atom is 0.338 e. The molecule has 0 bridgehead atoms. The lowest BCUT2D eigenvalue weighted by Crippen LogP contribution is -2.65. The van der Waals surface area contributed by atoms with Crippen molar-refractivity contribution >= 4 is 29.8 Å². The van der Waals surface area contributed by atoms with Gasteiger partial charge in [-0.15, -0.1) is 0 Å². The van der Waals surface area contributed by atoms with E-state index in [0.29, 0.717) is 22.6 Å². The van der Waals surface area contributed by atoms with Crippen LogP contribution in [-0.2, 0) is 46.2 Å². The Labute approximate surface area is 387 Å². The van der Waals surface area contributed by atoms with Gasteiger partial charge in [0, 0.05) is 18.9 Å². The van der Waals surface area contributed by atoms with Gasteiger partial charge in [0.1, 0.15) is 36.1 Å². The first kappa shape index (κ1) is 47.0. The van der Waals surface area contributed by atoms with Gasteiger partial charge in [0.05, 0.1) is 36.5 Å². The Morgan fingerprint density at radius 3 is 1.48 bits per heavy atom. The van der Waals surface area contributed by atoms with E-state index in [1.165, 1.54) is 57.4 Å². The van der Waals surface area contributed by atoms with E-state index in [2.05, 4.69) is 0 Å². The fourth-order valence-electron chi connectivity index (χ4n) is 7.35. The van der Waals surface area contributed by atoms with E-state index in [0.717, 1.165) is 5.56 Å². The predicted octanol–water partition coefficient (Wildman–Crippen LogP) is 8.38. The van der Waals surface area contributed by atoms with E-state index < -0.39 is 66.7 Å². The molecule has 0 spiro atoms. The van der Waals surface area contributed by atoms with Crippen LogP contribution in [0.4, 0.5) is 0 Å². The van der Waals surface area contributed by atoms with Gasteiger partial charge in [-0.3, -0.25) is 4.79 Å². The highest BCUT2D eigenvalue weighted by atomic mass is 16.7. The highest BCUT2D eigenvalue weighted by Gasteiger charge is 2.56. The molecule has 0 radical (unpaired) electrons. The van der Waals surface area contributed by atoms with Gasteiger partial charge in [0.25, 0.3) is 0 Å². The molecule has 1 heterocycles. The summed E-state index contributed by atoms with van der Waals surface area (Å²) >= 11 is 0. The summed E-state index contributed by atoms with van der Waals surface area (Å²) in [5, 5.41) is 0. The lowest BCUT2D eigenvalue weighted by Gasteiger charge is -2.45. The average molecular weight is 909 g/mol. The topological polar surface area (TPSA) is 168 Å². The van der Waals surface area contributed by atoms with E-state index in [9.17, 15) is 24.0 Å². The van der Waals surface area contributed by atoms with Crippen LogP contribution in [0.3, 0.4) is 0 Å². The first-order valence-electron chi connectivity index (χ1n) is 21.3. The minimum Gasteiger partial charge on any atom is -0.497 e. The molecule has 0 aromatic heterocycles. The molecule has 6 aromatic carbocycles. The highest BCUT2D eigenvalue weighted by Crippen LogP contribution is 2.39. The Morgan fingerprint density at radius 2 is 1.00 bits per heavy atom.